The van der Waals surface area contributed by atoms with Gasteiger partial charge in [0.1, 0.15) is 0 Å². The second-order valence-corrected chi connectivity index (χ2v) is 6.43. The molecular formula is C20H25ClFN3O4. The molecule has 0 aliphatic rings. The third kappa shape index (κ3) is 6.92. The van der Waals surface area contributed by atoms with E-state index in [-0.39, 0.29) is 36.3 Å². The number of ether oxygens (including phenoxy) is 2. The average Bonchev–Trinajstić information content (AvgIpc) is 2.67. The van der Waals surface area contributed by atoms with Gasteiger partial charge >= 0.3 is 0 Å². The van der Waals surface area contributed by atoms with Crippen LogP contribution in [0.1, 0.15) is 13.8 Å². The summed E-state index contributed by atoms with van der Waals surface area (Å²) in [5.41, 5.74) is 5.94. The quantitative estimate of drug-likeness (QED) is 0.603. The van der Waals surface area contributed by atoms with Crippen molar-refractivity contribution >= 4 is 29.9 Å². The van der Waals surface area contributed by atoms with Gasteiger partial charge in [-0.1, -0.05) is 26.0 Å². The minimum Gasteiger partial charge on any atom is -0.493 e. The van der Waals surface area contributed by atoms with Crippen molar-refractivity contribution < 1.29 is 23.5 Å². The van der Waals surface area contributed by atoms with Crippen molar-refractivity contribution in [3.8, 4) is 17.2 Å². The molecule has 2 aromatic carbocycles. The van der Waals surface area contributed by atoms with Gasteiger partial charge in [0.25, 0.3) is 0 Å². The van der Waals surface area contributed by atoms with Crippen LogP contribution in [0.25, 0.3) is 0 Å². The minimum atomic E-state index is -0.698. The number of hydrogen-bond donors (Lipinski definition) is 3. The fraction of sp³-hybridized carbons (Fsp3) is 0.300. The molecular weight excluding hydrogens is 401 g/mol. The van der Waals surface area contributed by atoms with E-state index in [1.54, 1.807) is 24.3 Å². The molecule has 2 aromatic rings. The van der Waals surface area contributed by atoms with E-state index < -0.39 is 23.7 Å². The molecule has 9 heteroatoms. The first-order chi connectivity index (χ1) is 13.3. The molecule has 158 valence electrons. The van der Waals surface area contributed by atoms with E-state index >= 15 is 0 Å². The summed E-state index contributed by atoms with van der Waals surface area (Å²) in [6.45, 7) is 3.35. The van der Waals surface area contributed by atoms with Crippen LogP contribution >= 0.6 is 12.4 Å². The molecule has 0 aliphatic heterocycles. The van der Waals surface area contributed by atoms with Gasteiger partial charge in [0.05, 0.1) is 19.7 Å². The number of para-hydroxylation sites is 2. The highest BCUT2D eigenvalue weighted by molar-refractivity contribution is 5.95. The number of carbonyl (C=O) groups is 2. The molecule has 0 aliphatic carbocycles. The lowest BCUT2D eigenvalue weighted by Gasteiger charge is -2.15. The molecule has 0 fully saturated rings. The summed E-state index contributed by atoms with van der Waals surface area (Å²) in [6.07, 6.45) is 0. The van der Waals surface area contributed by atoms with Crippen molar-refractivity contribution in [2.45, 2.75) is 19.9 Å². The summed E-state index contributed by atoms with van der Waals surface area (Å²) < 4.78 is 25.0. The SMILES string of the molecule is COc1ccccc1Oc1ccc(NC(=O)CNC(=O)[C@@H](N)C(C)C)cc1F.Cl. The zero-order valence-electron chi connectivity index (χ0n) is 16.4. The van der Waals surface area contributed by atoms with Gasteiger partial charge in [-0.15, -0.1) is 12.4 Å². The number of anilines is 1. The standard InChI is InChI=1S/C20H24FN3O4.ClH/c1-12(2)19(22)20(26)23-11-18(25)24-13-8-9-15(14(21)10-13)28-17-7-5-4-6-16(17)27-3;/h4-10,12,19H,11,22H2,1-3H3,(H,23,26)(H,24,25);1H/t19-;/m0./s1. The Labute approximate surface area is 175 Å². The average molecular weight is 426 g/mol. The number of halogens is 2. The maximum absolute atomic E-state index is 14.3. The predicted molar refractivity (Wildman–Crippen MR) is 111 cm³/mol. The summed E-state index contributed by atoms with van der Waals surface area (Å²) >= 11 is 0. The zero-order valence-corrected chi connectivity index (χ0v) is 17.2. The van der Waals surface area contributed by atoms with Crippen LogP contribution < -0.4 is 25.8 Å². The molecule has 0 bridgehead atoms. The lowest BCUT2D eigenvalue weighted by molar-refractivity contribution is -0.125. The van der Waals surface area contributed by atoms with Crippen LogP contribution in [-0.4, -0.2) is 31.5 Å². The van der Waals surface area contributed by atoms with Gasteiger partial charge in [-0.3, -0.25) is 9.59 Å². The van der Waals surface area contributed by atoms with Crippen molar-refractivity contribution in [3.05, 3.63) is 48.3 Å². The Morgan fingerprint density at radius 1 is 1.10 bits per heavy atom. The smallest absolute Gasteiger partial charge is 0.243 e. The number of nitrogens with two attached hydrogens (primary N) is 1. The Bertz CT molecular complexity index is 848. The molecule has 0 radical (unpaired) electrons. The Morgan fingerprint density at radius 2 is 1.76 bits per heavy atom. The van der Waals surface area contributed by atoms with Crippen molar-refractivity contribution in [2.24, 2.45) is 11.7 Å². The minimum absolute atomic E-state index is 0. The van der Waals surface area contributed by atoms with E-state index in [0.717, 1.165) is 6.07 Å². The summed E-state index contributed by atoms with van der Waals surface area (Å²) in [7, 11) is 1.49. The molecule has 0 unspecified atom stereocenters. The molecule has 0 saturated heterocycles. The molecule has 0 saturated carbocycles. The molecule has 29 heavy (non-hydrogen) atoms. The maximum Gasteiger partial charge on any atom is 0.243 e. The van der Waals surface area contributed by atoms with Crippen LogP contribution in [0.2, 0.25) is 0 Å². The third-order valence-corrected chi connectivity index (χ3v) is 3.95. The number of nitrogens with one attached hydrogen (secondary N) is 2. The largest absolute Gasteiger partial charge is 0.493 e. The van der Waals surface area contributed by atoms with E-state index in [0.29, 0.717) is 11.5 Å². The Balaban J connectivity index is 0.00000420. The monoisotopic (exact) mass is 425 g/mol. The van der Waals surface area contributed by atoms with Gasteiger partial charge in [-0.2, -0.15) is 0 Å². The van der Waals surface area contributed by atoms with E-state index in [1.165, 1.54) is 19.2 Å². The van der Waals surface area contributed by atoms with Crippen LogP contribution in [0.3, 0.4) is 0 Å². The highest BCUT2D eigenvalue weighted by Crippen LogP contribution is 2.33. The molecule has 0 spiro atoms. The van der Waals surface area contributed by atoms with Crippen molar-refractivity contribution in [1.29, 1.82) is 0 Å². The fourth-order valence-electron chi connectivity index (χ4n) is 2.28. The van der Waals surface area contributed by atoms with E-state index in [4.69, 9.17) is 15.2 Å². The van der Waals surface area contributed by atoms with Crippen LogP contribution in [0.15, 0.2) is 42.5 Å². The molecule has 2 rings (SSSR count). The van der Waals surface area contributed by atoms with E-state index in [2.05, 4.69) is 10.6 Å². The number of carbonyl (C=O) groups excluding carboxylic acids is 2. The van der Waals surface area contributed by atoms with Crippen LogP contribution in [-0.2, 0) is 9.59 Å². The number of rotatable bonds is 8. The molecule has 0 heterocycles. The van der Waals surface area contributed by atoms with Crippen LogP contribution in [0.4, 0.5) is 10.1 Å². The van der Waals surface area contributed by atoms with Gasteiger partial charge in [0.2, 0.25) is 11.8 Å². The van der Waals surface area contributed by atoms with Gasteiger partial charge in [-0.05, 0) is 30.2 Å². The number of methoxy groups -OCH3 is 1. The van der Waals surface area contributed by atoms with Gasteiger partial charge in [0, 0.05) is 11.8 Å². The van der Waals surface area contributed by atoms with Crippen molar-refractivity contribution in [1.82, 2.24) is 5.32 Å². The molecule has 1 atom stereocenters. The van der Waals surface area contributed by atoms with Crippen LogP contribution in [0.5, 0.6) is 17.2 Å². The van der Waals surface area contributed by atoms with E-state index in [1.807, 2.05) is 13.8 Å². The van der Waals surface area contributed by atoms with Gasteiger partial charge in [0.15, 0.2) is 23.1 Å². The first kappa shape index (κ1) is 24.2. The van der Waals surface area contributed by atoms with Crippen molar-refractivity contribution in [3.63, 3.8) is 0 Å². The topological polar surface area (TPSA) is 103 Å². The van der Waals surface area contributed by atoms with E-state index in [9.17, 15) is 14.0 Å². The second-order valence-electron chi connectivity index (χ2n) is 6.43. The Hall–Kier alpha value is -2.84. The zero-order chi connectivity index (χ0) is 20.7. The fourth-order valence-corrected chi connectivity index (χ4v) is 2.28. The first-order valence-corrected chi connectivity index (χ1v) is 8.75. The Kier molecular flexibility index (Phi) is 9.37. The second kappa shape index (κ2) is 11.2. The normalized spacial score (nSPS) is 11.2. The van der Waals surface area contributed by atoms with Gasteiger partial charge < -0.3 is 25.8 Å². The van der Waals surface area contributed by atoms with Crippen molar-refractivity contribution in [2.75, 3.05) is 19.0 Å². The molecule has 4 N–H and O–H groups in total. The predicted octanol–water partition coefficient (Wildman–Crippen LogP) is 3.09. The highest BCUT2D eigenvalue weighted by Gasteiger charge is 2.18. The summed E-state index contributed by atoms with van der Waals surface area (Å²) in [6, 6.07) is 10.2. The van der Waals surface area contributed by atoms with Gasteiger partial charge in [-0.25, -0.2) is 4.39 Å². The number of hydrogen-bond acceptors (Lipinski definition) is 5. The lowest BCUT2D eigenvalue weighted by Crippen LogP contribution is -2.46. The molecule has 2 amide bonds. The third-order valence-electron chi connectivity index (χ3n) is 3.95. The van der Waals surface area contributed by atoms with Crippen LogP contribution in [0, 0.1) is 11.7 Å². The lowest BCUT2D eigenvalue weighted by atomic mass is 10.1. The number of benzene rings is 2. The first-order valence-electron chi connectivity index (χ1n) is 8.75. The summed E-state index contributed by atoms with van der Waals surface area (Å²) in [5, 5.41) is 4.95. The molecule has 7 nitrogen and oxygen atoms in total. The number of amides is 2. The summed E-state index contributed by atoms with van der Waals surface area (Å²) in [4.78, 5) is 23.7. The molecule has 0 aromatic heterocycles. The summed E-state index contributed by atoms with van der Waals surface area (Å²) in [5.74, 6) is -0.806. The Morgan fingerprint density at radius 3 is 2.34 bits per heavy atom. The maximum atomic E-state index is 14.3. The highest BCUT2D eigenvalue weighted by atomic mass is 35.5.